The molecule has 1 aromatic carbocycles. The number of amides is 1. The van der Waals surface area contributed by atoms with Crippen molar-refractivity contribution in [2.45, 2.75) is 43.0 Å². The van der Waals surface area contributed by atoms with Crippen LogP contribution in [0.4, 0.5) is 5.69 Å². The maximum atomic E-state index is 12.3. The quantitative estimate of drug-likeness (QED) is 0.819. The first-order valence-corrected chi connectivity index (χ1v) is 9.95. The average Bonchev–Trinajstić information content (AvgIpc) is 2.55. The van der Waals surface area contributed by atoms with Gasteiger partial charge in [-0.3, -0.25) is 4.79 Å². The smallest absolute Gasteiger partial charge is 0.237 e. The van der Waals surface area contributed by atoms with Crippen molar-refractivity contribution in [3.63, 3.8) is 0 Å². The molecule has 1 amide bonds. The van der Waals surface area contributed by atoms with E-state index in [0.29, 0.717) is 18.0 Å². The fourth-order valence-electron chi connectivity index (χ4n) is 2.72. The maximum Gasteiger partial charge on any atom is 0.237 e. The van der Waals surface area contributed by atoms with E-state index in [9.17, 15) is 13.2 Å². The van der Waals surface area contributed by atoms with E-state index in [1.54, 1.807) is 26.0 Å². The molecule has 1 atom stereocenters. The van der Waals surface area contributed by atoms with E-state index in [4.69, 9.17) is 11.6 Å². The molecule has 1 aliphatic heterocycles. The number of para-hydroxylation sites is 1. The summed E-state index contributed by atoms with van der Waals surface area (Å²) in [7, 11) is -3.25. The van der Waals surface area contributed by atoms with E-state index in [2.05, 4.69) is 10.2 Å². The number of halogens is 1. The number of hydrogen-bond acceptors (Lipinski definition) is 4. The van der Waals surface area contributed by atoms with Gasteiger partial charge in [0.1, 0.15) is 5.38 Å². The van der Waals surface area contributed by atoms with Gasteiger partial charge < -0.3 is 10.2 Å². The lowest BCUT2D eigenvalue weighted by atomic mass is 10.0. The van der Waals surface area contributed by atoms with Crippen LogP contribution in [0.1, 0.15) is 26.7 Å². The molecule has 1 heterocycles. The summed E-state index contributed by atoms with van der Waals surface area (Å²) in [4.78, 5) is 14.1. The van der Waals surface area contributed by atoms with Crippen molar-refractivity contribution in [3.05, 3.63) is 24.3 Å². The Balaban J connectivity index is 2.08. The summed E-state index contributed by atoms with van der Waals surface area (Å²) < 4.78 is 24.5. The van der Waals surface area contributed by atoms with E-state index in [-0.39, 0.29) is 17.7 Å². The maximum absolute atomic E-state index is 12.3. The zero-order valence-corrected chi connectivity index (χ0v) is 15.0. The van der Waals surface area contributed by atoms with E-state index in [0.717, 1.165) is 18.5 Å². The third-order valence-corrected chi connectivity index (χ3v) is 6.10. The Morgan fingerprint density at radius 1 is 1.35 bits per heavy atom. The predicted molar refractivity (Wildman–Crippen MR) is 92.9 cm³/mol. The van der Waals surface area contributed by atoms with Gasteiger partial charge in [0.25, 0.3) is 0 Å². The van der Waals surface area contributed by atoms with E-state index < -0.39 is 15.2 Å². The Morgan fingerprint density at radius 2 is 1.96 bits per heavy atom. The molecule has 7 heteroatoms. The summed E-state index contributed by atoms with van der Waals surface area (Å²) in [5, 5.41) is 2.39. The monoisotopic (exact) mass is 358 g/mol. The van der Waals surface area contributed by atoms with Crippen molar-refractivity contribution in [2.75, 3.05) is 23.7 Å². The fourth-order valence-corrected chi connectivity index (χ4v) is 3.89. The summed E-state index contributed by atoms with van der Waals surface area (Å²) in [5.74, 6) is -0.0662. The van der Waals surface area contributed by atoms with Crippen LogP contribution in [-0.2, 0) is 14.6 Å². The second-order valence-corrected chi connectivity index (χ2v) is 8.66. The van der Waals surface area contributed by atoms with Crippen LogP contribution in [0, 0.1) is 0 Å². The number of rotatable bonds is 5. The number of hydrogen-bond donors (Lipinski definition) is 1. The number of nitrogens with zero attached hydrogens (tertiary/aromatic N) is 1. The molecule has 0 aliphatic carbocycles. The van der Waals surface area contributed by atoms with Gasteiger partial charge >= 0.3 is 0 Å². The SMILES string of the molecule is CCS(=O)(=O)c1ccccc1N1CCC(NC(=O)C(C)Cl)CC1. The minimum Gasteiger partial charge on any atom is -0.370 e. The van der Waals surface area contributed by atoms with Crippen LogP contribution in [0.2, 0.25) is 0 Å². The van der Waals surface area contributed by atoms with Gasteiger partial charge in [-0.25, -0.2) is 8.42 Å². The number of benzene rings is 1. The number of alkyl halides is 1. The molecule has 128 valence electrons. The fraction of sp³-hybridized carbons (Fsp3) is 0.562. The van der Waals surface area contributed by atoms with Crippen LogP contribution in [0.3, 0.4) is 0 Å². The van der Waals surface area contributed by atoms with Crippen LogP contribution < -0.4 is 10.2 Å². The standard InChI is InChI=1S/C16H23ClN2O3S/c1-3-23(21,22)15-7-5-4-6-14(15)19-10-8-13(9-11-19)18-16(20)12(2)17/h4-7,12-13H,3,8-11H2,1-2H3,(H,18,20). The molecule has 5 nitrogen and oxygen atoms in total. The Morgan fingerprint density at radius 3 is 2.52 bits per heavy atom. The Hall–Kier alpha value is -1.27. The molecule has 1 N–H and O–H groups in total. The van der Waals surface area contributed by atoms with Crippen LogP contribution in [-0.4, -0.2) is 44.6 Å². The van der Waals surface area contributed by atoms with E-state index >= 15 is 0 Å². The van der Waals surface area contributed by atoms with Gasteiger partial charge in [-0.05, 0) is 31.9 Å². The Labute approximate surface area is 142 Å². The first-order chi connectivity index (χ1) is 10.8. The van der Waals surface area contributed by atoms with Crippen LogP contribution >= 0.6 is 11.6 Å². The van der Waals surface area contributed by atoms with Gasteiger partial charge in [0, 0.05) is 19.1 Å². The normalized spacial score (nSPS) is 17.8. The predicted octanol–water partition coefficient (Wildman–Crippen LogP) is 2.19. The first-order valence-electron chi connectivity index (χ1n) is 7.86. The number of carbonyl (C=O) groups is 1. The summed E-state index contributed by atoms with van der Waals surface area (Å²) in [6, 6.07) is 7.21. The van der Waals surface area contributed by atoms with Gasteiger partial charge in [-0.2, -0.15) is 0 Å². The molecule has 1 fully saturated rings. The summed E-state index contributed by atoms with van der Waals surface area (Å²) in [6.45, 7) is 4.72. The molecule has 0 bridgehead atoms. The second-order valence-electron chi connectivity index (χ2n) is 5.76. The molecule has 1 saturated heterocycles. The molecule has 0 aromatic heterocycles. The molecule has 1 unspecified atom stereocenters. The molecule has 0 saturated carbocycles. The van der Waals surface area contributed by atoms with Crippen molar-refractivity contribution in [1.29, 1.82) is 0 Å². The molecular weight excluding hydrogens is 336 g/mol. The lowest BCUT2D eigenvalue weighted by molar-refractivity contribution is -0.121. The minimum absolute atomic E-state index is 0.0874. The van der Waals surface area contributed by atoms with Crippen LogP contribution in [0.15, 0.2) is 29.2 Å². The van der Waals surface area contributed by atoms with Crippen molar-refractivity contribution < 1.29 is 13.2 Å². The van der Waals surface area contributed by atoms with Crippen LogP contribution in [0.5, 0.6) is 0 Å². The highest BCUT2D eigenvalue weighted by molar-refractivity contribution is 7.91. The molecule has 0 radical (unpaired) electrons. The third-order valence-electron chi connectivity index (χ3n) is 4.12. The molecule has 23 heavy (non-hydrogen) atoms. The summed E-state index contributed by atoms with van der Waals surface area (Å²) >= 11 is 5.77. The van der Waals surface area contributed by atoms with Crippen LogP contribution in [0.25, 0.3) is 0 Å². The largest absolute Gasteiger partial charge is 0.370 e. The average molecular weight is 359 g/mol. The number of sulfone groups is 1. The number of piperidine rings is 1. The lowest BCUT2D eigenvalue weighted by Crippen LogP contribution is -2.46. The molecular formula is C16H23ClN2O3S. The minimum atomic E-state index is -3.25. The zero-order valence-electron chi connectivity index (χ0n) is 13.5. The van der Waals surface area contributed by atoms with Gasteiger partial charge in [-0.15, -0.1) is 11.6 Å². The highest BCUT2D eigenvalue weighted by Gasteiger charge is 2.25. The number of carbonyl (C=O) groups excluding carboxylic acids is 1. The molecule has 1 aromatic rings. The first kappa shape index (κ1) is 18.1. The second kappa shape index (κ2) is 7.53. The van der Waals surface area contributed by atoms with Crippen molar-refractivity contribution >= 4 is 33.0 Å². The Bertz CT molecular complexity index is 653. The summed E-state index contributed by atoms with van der Waals surface area (Å²) in [5.41, 5.74) is 0.754. The highest BCUT2D eigenvalue weighted by atomic mass is 35.5. The van der Waals surface area contributed by atoms with Crippen molar-refractivity contribution in [3.8, 4) is 0 Å². The number of nitrogens with one attached hydrogen (secondary N) is 1. The van der Waals surface area contributed by atoms with Gasteiger partial charge in [0.15, 0.2) is 9.84 Å². The summed E-state index contributed by atoms with van der Waals surface area (Å²) in [6.07, 6.45) is 1.55. The molecule has 1 aliphatic rings. The van der Waals surface area contributed by atoms with Crippen molar-refractivity contribution in [1.82, 2.24) is 5.32 Å². The van der Waals surface area contributed by atoms with E-state index in [1.165, 1.54) is 0 Å². The van der Waals surface area contributed by atoms with Gasteiger partial charge in [0.2, 0.25) is 5.91 Å². The number of anilines is 1. The third kappa shape index (κ3) is 4.38. The van der Waals surface area contributed by atoms with E-state index in [1.807, 2.05) is 12.1 Å². The Kier molecular flexibility index (Phi) is 5.92. The molecule has 2 rings (SSSR count). The molecule has 0 spiro atoms. The highest BCUT2D eigenvalue weighted by Crippen LogP contribution is 2.28. The lowest BCUT2D eigenvalue weighted by Gasteiger charge is -2.35. The zero-order chi connectivity index (χ0) is 17.0. The van der Waals surface area contributed by atoms with Gasteiger partial charge in [0.05, 0.1) is 16.3 Å². The van der Waals surface area contributed by atoms with Crippen molar-refractivity contribution in [2.24, 2.45) is 0 Å². The van der Waals surface area contributed by atoms with Gasteiger partial charge in [-0.1, -0.05) is 19.1 Å². The topological polar surface area (TPSA) is 66.5 Å².